The fourth-order valence-corrected chi connectivity index (χ4v) is 1.68. The summed E-state index contributed by atoms with van der Waals surface area (Å²) in [6.07, 6.45) is 0. The van der Waals surface area contributed by atoms with Crippen LogP contribution in [0.3, 0.4) is 0 Å². The number of aryl methyl sites for hydroxylation is 1. The number of nitrogen functional groups attached to an aromatic ring is 1. The van der Waals surface area contributed by atoms with Crippen LogP contribution >= 0.6 is 0 Å². The molecule has 0 radical (unpaired) electrons. The lowest BCUT2D eigenvalue weighted by Gasteiger charge is -2.09. The fraction of sp³-hybridized carbons (Fsp3) is 0.308. The Hall–Kier alpha value is -2.57. The normalized spacial score (nSPS) is 10.3. The first kappa shape index (κ1) is 13.9. The van der Waals surface area contributed by atoms with Crippen molar-refractivity contribution in [3.8, 4) is 5.75 Å². The number of rotatable bonds is 4. The van der Waals surface area contributed by atoms with E-state index in [0.29, 0.717) is 11.6 Å². The second-order valence-electron chi connectivity index (χ2n) is 4.22. The Morgan fingerprint density at radius 3 is 2.75 bits per heavy atom. The largest absolute Gasteiger partial charge is 0.495 e. The van der Waals surface area contributed by atoms with E-state index in [1.165, 1.54) is 7.11 Å². The molecule has 0 fully saturated rings. The van der Waals surface area contributed by atoms with E-state index in [0.717, 1.165) is 5.82 Å². The maximum Gasteiger partial charge on any atom is 0.340 e. The Morgan fingerprint density at radius 1 is 1.40 bits per heavy atom. The molecule has 20 heavy (non-hydrogen) atoms. The molecular weight excluding hydrogens is 260 g/mol. The average molecular weight is 276 g/mol. The third-order valence-corrected chi connectivity index (χ3v) is 3.02. The van der Waals surface area contributed by atoms with Crippen LogP contribution in [-0.2, 0) is 18.4 Å². The summed E-state index contributed by atoms with van der Waals surface area (Å²) in [5.41, 5.74) is 6.36. The standard InChI is InChI=1S/C13H16N4O3/c1-8-15-16-11(17(8)2)7-20-13(18)9-5-4-6-10(19-3)12(9)14/h4-6H,7,14H2,1-3H3. The summed E-state index contributed by atoms with van der Waals surface area (Å²) in [6, 6.07) is 4.94. The van der Waals surface area contributed by atoms with Gasteiger partial charge in [-0.3, -0.25) is 0 Å². The summed E-state index contributed by atoms with van der Waals surface area (Å²) in [4.78, 5) is 12.0. The molecule has 0 amide bonds. The predicted molar refractivity (Wildman–Crippen MR) is 72.3 cm³/mol. The highest BCUT2D eigenvalue weighted by Gasteiger charge is 2.15. The van der Waals surface area contributed by atoms with Gasteiger partial charge in [0, 0.05) is 7.05 Å². The zero-order valence-corrected chi connectivity index (χ0v) is 11.6. The van der Waals surface area contributed by atoms with Gasteiger partial charge in [0.15, 0.2) is 12.4 Å². The van der Waals surface area contributed by atoms with Gasteiger partial charge in [0.2, 0.25) is 0 Å². The summed E-state index contributed by atoms with van der Waals surface area (Å²) in [6.45, 7) is 1.85. The molecular formula is C13H16N4O3. The minimum absolute atomic E-state index is 0.0345. The van der Waals surface area contributed by atoms with Gasteiger partial charge < -0.3 is 19.8 Å². The number of aromatic nitrogens is 3. The van der Waals surface area contributed by atoms with Crippen LogP contribution in [0.5, 0.6) is 5.75 Å². The summed E-state index contributed by atoms with van der Waals surface area (Å²) >= 11 is 0. The first-order chi connectivity index (χ1) is 9.54. The lowest BCUT2D eigenvalue weighted by atomic mass is 10.1. The number of nitrogens with zero attached hydrogens (tertiary/aromatic N) is 3. The van der Waals surface area contributed by atoms with Gasteiger partial charge in [0.1, 0.15) is 11.6 Å². The Morgan fingerprint density at radius 2 is 2.15 bits per heavy atom. The molecule has 0 unspecified atom stereocenters. The molecule has 0 aliphatic carbocycles. The van der Waals surface area contributed by atoms with Crippen LogP contribution in [-0.4, -0.2) is 27.8 Å². The van der Waals surface area contributed by atoms with E-state index in [1.54, 1.807) is 29.8 Å². The number of carbonyl (C=O) groups is 1. The van der Waals surface area contributed by atoms with Gasteiger partial charge in [-0.05, 0) is 19.1 Å². The average Bonchev–Trinajstić information content (AvgIpc) is 2.76. The van der Waals surface area contributed by atoms with Crippen molar-refractivity contribution in [1.82, 2.24) is 14.8 Å². The number of para-hydroxylation sites is 1. The van der Waals surface area contributed by atoms with Crippen molar-refractivity contribution in [1.29, 1.82) is 0 Å². The van der Waals surface area contributed by atoms with Crippen LogP contribution in [0.25, 0.3) is 0 Å². The molecule has 1 aromatic heterocycles. The van der Waals surface area contributed by atoms with E-state index < -0.39 is 5.97 Å². The highest BCUT2D eigenvalue weighted by Crippen LogP contribution is 2.25. The SMILES string of the molecule is COc1cccc(C(=O)OCc2nnc(C)n2C)c1N. The summed E-state index contributed by atoms with van der Waals surface area (Å²) in [5, 5.41) is 7.81. The van der Waals surface area contributed by atoms with Crippen molar-refractivity contribution in [2.24, 2.45) is 7.05 Å². The third-order valence-electron chi connectivity index (χ3n) is 3.02. The van der Waals surface area contributed by atoms with Gasteiger partial charge in [0.25, 0.3) is 0 Å². The molecule has 0 aliphatic heterocycles. The van der Waals surface area contributed by atoms with Crippen molar-refractivity contribution >= 4 is 11.7 Å². The van der Waals surface area contributed by atoms with Crippen molar-refractivity contribution in [2.75, 3.05) is 12.8 Å². The molecule has 1 heterocycles. The number of ether oxygens (including phenoxy) is 2. The van der Waals surface area contributed by atoms with Crippen molar-refractivity contribution in [3.63, 3.8) is 0 Å². The molecule has 0 bridgehead atoms. The molecule has 0 saturated carbocycles. The van der Waals surface area contributed by atoms with Gasteiger partial charge in [-0.25, -0.2) is 4.79 Å². The van der Waals surface area contributed by atoms with Crippen LogP contribution < -0.4 is 10.5 Å². The molecule has 7 heteroatoms. The molecule has 2 N–H and O–H groups in total. The molecule has 0 aliphatic rings. The smallest absolute Gasteiger partial charge is 0.340 e. The van der Waals surface area contributed by atoms with Crippen molar-refractivity contribution in [3.05, 3.63) is 35.4 Å². The van der Waals surface area contributed by atoms with E-state index in [-0.39, 0.29) is 17.9 Å². The molecule has 2 aromatic rings. The van der Waals surface area contributed by atoms with Gasteiger partial charge in [-0.1, -0.05) is 6.07 Å². The molecule has 0 spiro atoms. The Bertz CT molecular complexity index is 637. The fourth-order valence-electron chi connectivity index (χ4n) is 1.68. The monoisotopic (exact) mass is 276 g/mol. The maximum absolute atomic E-state index is 12.0. The topological polar surface area (TPSA) is 92.3 Å². The predicted octanol–water partition coefficient (Wildman–Crippen LogP) is 1.07. The number of esters is 1. The minimum Gasteiger partial charge on any atom is -0.495 e. The zero-order chi connectivity index (χ0) is 14.7. The van der Waals surface area contributed by atoms with Crippen molar-refractivity contribution in [2.45, 2.75) is 13.5 Å². The number of anilines is 1. The quantitative estimate of drug-likeness (QED) is 0.663. The van der Waals surface area contributed by atoms with E-state index >= 15 is 0 Å². The molecule has 0 saturated heterocycles. The van der Waals surface area contributed by atoms with Crippen LogP contribution in [0.2, 0.25) is 0 Å². The Balaban J connectivity index is 2.11. The maximum atomic E-state index is 12.0. The molecule has 0 atom stereocenters. The van der Waals surface area contributed by atoms with E-state index in [2.05, 4.69) is 10.2 Å². The first-order valence-electron chi connectivity index (χ1n) is 5.99. The second kappa shape index (κ2) is 5.60. The highest BCUT2D eigenvalue weighted by molar-refractivity contribution is 5.96. The number of methoxy groups -OCH3 is 1. The molecule has 1 aromatic carbocycles. The van der Waals surface area contributed by atoms with Crippen LogP contribution in [0.15, 0.2) is 18.2 Å². The number of carbonyl (C=O) groups excluding carboxylic acids is 1. The van der Waals surface area contributed by atoms with Crippen LogP contribution in [0, 0.1) is 6.92 Å². The van der Waals surface area contributed by atoms with Gasteiger partial charge in [0.05, 0.1) is 18.4 Å². The third kappa shape index (κ3) is 2.56. The number of benzene rings is 1. The second-order valence-corrected chi connectivity index (χ2v) is 4.22. The van der Waals surface area contributed by atoms with Gasteiger partial charge >= 0.3 is 5.97 Å². The van der Waals surface area contributed by atoms with E-state index in [4.69, 9.17) is 15.2 Å². The minimum atomic E-state index is -0.526. The van der Waals surface area contributed by atoms with E-state index in [9.17, 15) is 4.79 Å². The van der Waals surface area contributed by atoms with Gasteiger partial charge in [-0.15, -0.1) is 10.2 Å². The lowest BCUT2D eigenvalue weighted by Crippen LogP contribution is -2.11. The first-order valence-corrected chi connectivity index (χ1v) is 5.99. The van der Waals surface area contributed by atoms with Crippen LogP contribution in [0.4, 0.5) is 5.69 Å². The number of hydrogen-bond donors (Lipinski definition) is 1. The molecule has 2 rings (SSSR count). The van der Waals surface area contributed by atoms with E-state index in [1.807, 2.05) is 6.92 Å². The van der Waals surface area contributed by atoms with Crippen molar-refractivity contribution < 1.29 is 14.3 Å². The highest BCUT2D eigenvalue weighted by atomic mass is 16.5. The summed E-state index contributed by atoms with van der Waals surface area (Å²) in [5.74, 6) is 1.23. The number of hydrogen-bond acceptors (Lipinski definition) is 6. The summed E-state index contributed by atoms with van der Waals surface area (Å²) in [7, 11) is 3.29. The summed E-state index contributed by atoms with van der Waals surface area (Å²) < 4.78 is 12.0. The number of nitrogens with two attached hydrogens (primary N) is 1. The molecule has 7 nitrogen and oxygen atoms in total. The zero-order valence-electron chi connectivity index (χ0n) is 11.6. The van der Waals surface area contributed by atoms with Gasteiger partial charge in [-0.2, -0.15) is 0 Å². The molecule has 106 valence electrons. The lowest BCUT2D eigenvalue weighted by molar-refractivity contribution is 0.0459. The Kier molecular flexibility index (Phi) is 3.88. The Labute approximate surface area is 116 Å². The van der Waals surface area contributed by atoms with Crippen LogP contribution in [0.1, 0.15) is 22.0 Å².